The van der Waals surface area contributed by atoms with Crippen molar-refractivity contribution in [2.75, 3.05) is 20.1 Å². The zero-order valence-corrected chi connectivity index (χ0v) is 14.0. The van der Waals surface area contributed by atoms with E-state index in [1.165, 1.54) is 17.8 Å². The highest BCUT2D eigenvalue weighted by Crippen LogP contribution is 2.31. The van der Waals surface area contributed by atoms with Crippen molar-refractivity contribution >= 4 is 37.3 Å². The molecule has 1 aromatic heterocycles. The molecule has 2 N–H and O–H groups in total. The molecule has 8 heteroatoms. The Kier molecular flexibility index (Phi) is 5.38. The molecule has 1 fully saturated rings. The molecule has 108 valence electrons. The maximum Gasteiger partial charge on any atom is 0.255 e. The van der Waals surface area contributed by atoms with Crippen molar-refractivity contribution in [1.82, 2.24) is 15.2 Å². The minimum atomic E-state index is -3.48. The number of piperidine rings is 1. The van der Waals surface area contributed by atoms with Crippen LogP contribution in [0.25, 0.3) is 0 Å². The van der Waals surface area contributed by atoms with Gasteiger partial charge in [0.2, 0.25) is 0 Å². The van der Waals surface area contributed by atoms with Gasteiger partial charge in [-0.1, -0.05) is 6.42 Å². The lowest BCUT2D eigenvalue weighted by atomic mass is 10.2. The van der Waals surface area contributed by atoms with E-state index in [1.54, 1.807) is 11.1 Å². The van der Waals surface area contributed by atoms with E-state index in [0.717, 1.165) is 30.8 Å². The third-order valence-corrected chi connectivity index (χ3v) is 6.58. The molecule has 1 aromatic rings. The normalized spacial score (nSPS) is 17.8. The van der Waals surface area contributed by atoms with Crippen LogP contribution in [0.1, 0.15) is 24.1 Å². The molecular weight excluding hydrogens is 350 g/mol. The molecule has 0 saturated carbocycles. The van der Waals surface area contributed by atoms with Crippen LogP contribution in [0.15, 0.2) is 14.7 Å². The van der Waals surface area contributed by atoms with E-state index in [0.29, 0.717) is 15.2 Å². The number of nitrogens with one attached hydrogen (secondary N) is 2. The summed E-state index contributed by atoms with van der Waals surface area (Å²) in [5.41, 5.74) is 0. The van der Waals surface area contributed by atoms with Crippen LogP contribution in [0.3, 0.4) is 0 Å². The molecule has 2 heterocycles. The lowest BCUT2D eigenvalue weighted by Gasteiger charge is -2.26. The molecule has 1 aliphatic heterocycles. The fourth-order valence-corrected chi connectivity index (χ4v) is 5.87. The third kappa shape index (κ3) is 3.99. The van der Waals surface area contributed by atoms with Crippen molar-refractivity contribution in [1.29, 1.82) is 0 Å². The molecule has 0 aliphatic carbocycles. The Morgan fingerprint density at radius 1 is 1.37 bits per heavy atom. The van der Waals surface area contributed by atoms with Gasteiger partial charge in [0.15, 0.2) is 0 Å². The highest BCUT2D eigenvalue weighted by atomic mass is 79.9. The van der Waals surface area contributed by atoms with Crippen LogP contribution in [0.5, 0.6) is 0 Å². The zero-order chi connectivity index (χ0) is 13.9. The van der Waals surface area contributed by atoms with E-state index in [-0.39, 0.29) is 0 Å². The topological polar surface area (TPSA) is 61.4 Å². The minimum absolute atomic E-state index is 0.327. The first-order valence-electron chi connectivity index (χ1n) is 6.23. The average molecular weight is 368 g/mol. The molecule has 19 heavy (non-hydrogen) atoms. The quantitative estimate of drug-likeness (QED) is 0.834. The summed E-state index contributed by atoms with van der Waals surface area (Å²) in [4.78, 5) is 3.99. The molecule has 1 saturated heterocycles. The summed E-state index contributed by atoms with van der Waals surface area (Å²) < 4.78 is 25.3. The first kappa shape index (κ1) is 15.4. The van der Waals surface area contributed by atoms with Crippen molar-refractivity contribution in [3.05, 3.63) is 14.7 Å². The molecule has 0 amide bonds. The van der Waals surface area contributed by atoms with E-state index in [1.807, 2.05) is 7.05 Å². The zero-order valence-electron chi connectivity index (χ0n) is 10.8. The van der Waals surface area contributed by atoms with Gasteiger partial charge in [-0.2, -0.15) is 0 Å². The van der Waals surface area contributed by atoms with E-state index < -0.39 is 10.0 Å². The van der Waals surface area contributed by atoms with E-state index in [9.17, 15) is 8.42 Å². The number of hydrogen-bond acceptors (Lipinski definition) is 5. The monoisotopic (exact) mass is 367 g/mol. The van der Waals surface area contributed by atoms with Crippen LogP contribution < -0.4 is 10.1 Å². The largest absolute Gasteiger partial charge is 0.315 e. The maximum absolute atomic E-state index is 12.3. The molecule has 0 atom stereocenters. The van der Waals surface area contributed by atoms with Gasteiger partial charge in [-0.25, -0.2) is 13.4 Å². The summed E-state index contributed by atoms with van der Waals surface area (Å²) in [6, 6.07) is 1.72. The predicted octanol–water partition coefficient (Wildman–Crippen LogP) is 1.91. The molecule has 1 aliphatic rings. The second-order valence-electron chi connectivity index (χ2n) is 4.52. The molecule has 5 nitrogen and oxygen atoms in total. The Balaban J connectivity index is 2.14. The lowest BCUT2D eigenvalue weighted by Crippen LogP contribution is -2.44. The lowest BCUT2D eigenvalue weighted by molar-refractivity contribution is 0.200. The summed E-state index contributed by atoms with van der Waals surface area (Å²) in [5.74, 6) is 0. The number of hydrazine groups is 1. The van der Waals surface area contributed by atoms with Crippen LogP contribution in [0.2, 0.25) is 0 Å². The first-order chi connectivity index (χ1) is 9.03. The Labute approximate surface area is 126 Å². The van der Waals surface area contributed by atoms with E-state index in [4.69, 9.17) is 0 Å². The van der Waals surface area contributed by atoms with Crippen LogP contribution in [-0.2, 0) is 16.6 Å². The van der Waals surface area contributed by atoms with Gasteiger partial charge >= 0.3 is 0 Å². The second kappa shape index (κ2) is 6.64. The second-order valence-corrected chi connectivity index (χ2v) is 8.61. The third-order valence-electron chi connectivity index (χ3n) is 2.95. The van der Waals surface area contributed by atoms with E-state index in [2.05, 4.69) is 26.1 Å². The Morgan fingerprint density at radius 3 is 2.68 bits per heavy atom. The number of sulfonamides is 1. The smallest absolute Gasteiger partial charge is 0.255 e. The van der Waals surface area contributed by atoms with Crippen molar-refractivity contribution in [3.8, 4) is 0 Å². The molecular formula is C11H18BrN3O2S2. The van der Waals surface area contributed by atoms with E-state index >= 15 is 0 Å². The summed E-state index contributed by atoms with van der Waals surface area (Å²) >= 11 is 4.79. The van der Waals surface area contributed by atoms with Crippen LogP contribution in [0, 0.1) is 0 Å². The molecule has 0 aromatic carbocycles. The summed E-state index contributed by atoms with van der Waals surface area (Å²) in [7, 11) is -1.64. The molecule has 0 unspecified atom stereocenters. The van der Waals surface area contributed by atoms with Crippen LogP contribution in [0.4, 0.5) is 0 Å². The number of thiophene rings is 1. The van der Waals surface area contributed by atoms with Gasteiger partial charge < -0.3 is 5.32 Å². The van der Waals surface area contributed by atoms with Gasteiger partial charge in [-0.15, -0.1) is 16.2 Å². The Hall–Kier alpha value is 0.01000. The summed E-state index contributed by atoms with van der Waals surface area (Å²) in [6.45, 7) is 2.23. The summed E-state index contributed by atoms with van der Waals surface area (Å²) in [5, 5.41) is 4.81. The van der Waals surface area contributed by atoms with Crippen molar-refractivity contribution in [2.45, 2.75) is 30.7 Å². The average Bonchev–Trinajstić information content (AvgIpc) is 2.72. The number of halogens is 1. The van der Waals surface area contributed by atoms with Crippen molar-refractivity contribution in [2.24, 2.45) is 0 Å². The van der Waals surface area contributed by atoms with Gasteiger partial charge in [0, 0.05) is 24.5 Å². The van der Waals surface area contributed by atoms with Crippen molar-refractivity contribution in [3.63, 3.8) is 0 Å². The van der Waals surface area contributed by atoms with Crippen LogP contribution in [-0.4, -0.2) is 33.6 Å². The van der Waals surface area contributed by atoms with Gasteiger partial charge in [0.05, 0.1) is 3.79 Å². The number of hydrogen-bond donors (Lipinski definition) is 2. The number of rotatable bonds is 5. The van der Waals surface area contributed by atoms with Gasteiger partial charge in [-0.05, 0) is 41.9 Å². The van der Waals surface area contributed by atoms with Crippen molar-refractivity contribution < 1.29 is 8.42 Å². The highest BCUT2D eigenvalue weighted by Gasteiger charge is 2.24. The maximum atomic E-state index is 12.3. The number of nitrogens with zero attached hydrogens (tertiary/aromatic N) is 1. The summed E-state index contributed by atoms with van der Waals surface area (Å²) in [6.07, 6.45) is 3.25. The Bertz CT molecular complexity index is 524. The molecule has 0 radical (unpaired) electrons. The molecule has 0 spiro atoms. The highest BCUT2D eigenvalue weighted by molar-refractivity contribution is 9.11. The first-order valence-corrected chi connectivity index (χ1v) is 9.32. The van der Waals surface area contributed by atoms with Gasteiger partial charge in [-0.3, -0.25) is 0 Å². The Morgan fingerprint density at radius 2 is 2.05 bits per heavy atom. The molecule has 2 rings (SSSR count). The van der Waals surface area contributed by atoms with Gasteiger partial charge in [0.1, 0.15) is 4.90 Å². The van der Waals surface area contributed by atoms with Crippen LogP contribution >= 0.6 is 27.3 Å². The SMILES string of the molecule is CNCc1cc(S(=O)(=O)NN2CCCCC2)c(Br)s1. The van der Waals surface area contributed by atoms with Gasteiger partial charge in [0.25, 0.3) is 10.0 Å². The predicted molar refractivity (Wildman–Crippen MR) is 80.5 cm³/mol. The minimum Gasteiger partial charge on any atom is -0.315 e. The fourth-order valence-electron chi connectivity index (χ4n) is 2.05. The molecule has 0 bridgehead atoms. The fraction of sp³-hybridized carbons (Fsp3) is 0.636. The standard InChI is InChI=1S/C11H18BrN3O2S2/c1-13-8-9-7-10(11(12)18-9)19(16,17)14-15-5-3-2-4-6-15/h7,13-14H,2-6,8H2,1H3.